The van der Waals surface area contributed by atoms with Crippen LogP contribution in [0, 0.1) is 0 Å². The molecule has 0 aliphatic carbocycles. The second kappa shape index (κ2) is 4.90. The average molecular weight is 281 g/mol. The molecule has 1 aromatic carbocycles. The van der Waals surface area contributed by atoms with Gasteiger partial charge in [0.2, 0.25) is 0 Å². The van der Waals surface area contributed by atoms with Gasteiger partial charge in [0.05, 0.1) is 17.0 Å². The van der Waals surface area contributed by atoms with E-state index in [0.29, 0.717) is 0 Å². The molecule has 0 bridgehead atoms. The van der Waals surface area contributed by atoms with E-state index in [-0.39, 0.29) is 6.04 Å². The van der Waals surface area contributed by atoms with Crippen LogP contribution in [0.25, 0.3) is 0 Å². The van der Waals surface area contributed by atoms with E-state index in [4.69, 9.17) is 22.2 Å². The third-order valence-electron chi connectivity index (χ3n) is 3.09. The lowest BCUT2D eigenvalue weighted by atomic mass is 10.0. The number of benzene rings is 1. The Labute approximate surface area is 114 Å². The molecule has 1 aromatic heterocycles. The SMILES string of the molecule is NNC(c1ccc2c(c1)CCO2)c1ccc(Cl)s1. The molecule has 2 aromatic rings. The number of thiophene rings is 1. The standard InChI is InChI=1S/C13H13ClN2OS/c14-12-4-3-11(18-12)13(16-15)9-1-2-10-8(7-9)5-6-17-10/h1-4,7,13,16H,5-6,15H2. The van der Waals surface area contributed by atoms with E-state index in [2.05, 4.69) is 11.5 Å². The van der Waals surface area contributed by atoms with Gasteiger partial charge in [0.1, 0.15) is 5.75 Å². The molecule has 1 atom stereocenters. The van der Waals surface area contributed by atoms with Crippen LogP contribution in [0.1, 0.15) is 22.0 Å². The molecule has 0 fully saturated rings. The highest BCUT2D eigenvalue weighted by Gasteiger charge is 2.18. The minimum Gasteiger partial charge on any atom is -0.493 e. The molecule has 0 spiro atoms. The molecule has 3 nitrogen and oxygen atoms in total. The van der Waals surface area contributed by atoms with E-state index in [1.165, 1.54) is 5.56 Å². The van der Waals surface area contributed by atoms with Crippen LogP contribution >= 0.6 is 22.9 Å². The molecule has 94 valence electrons. The van der Waals surface area contributed by atoms with Gasteiger partial charge in [-0.1, -0.05) is 17.7 Å². The Balaban J connectivity index is 1.96. The molecule has 0 saturated heterocycles. The lowest BCUT2D eigenvalue weighted by Crippen LogP contribution is -2.28. The molecule has 18 heavy (non-hydrogen) atoms. The highest BCUT2D eigenvalue weighted by molar-refractivity contribution is 7.16. The monoisotopic (exact) mass is 280 g/mol. The number of hydrogen-bond acceptors (Lipinski definition) is 4. The van der Waals surface area contributed by atoms with Crippen molar-refractivity contribution in [2.45, 2.75) is 12.5 Å². The van der Waals surface area contributed by atoms with Crippen molar-refractivity contribution in [3.63, 3.8) is 0 Å². The minimum absolute atomic E-state index is 0.0200. The number of nitrogens with two attached hydrogens (primary N) is 1. The van der Waals surface area contributed by atoms with Crippen molar-refractivity contribution in [3.8, 4) is 5.75 Å². The zero-order chi connectivity index (χ0) is 12.5. The highest BCUT2D eigenvalue weighted by Crippen LogP contribution is 2.33. The average Bonchev–Trinajstić information content (AvgIpc) is 2.99. The van der Waals surface area contributed by atoms with Gasteiger partial charge in [0.25, 0.3) is 0 Å². The number of hydrazine groups is 1. The van der Waals surface area contributed by atoms with Gasteiger partial charge in [-0.15, -0.1) is 11.3 Å². The van der Waals surface area contributed by atoms with E-state index in [0.717, 1.165) is 33.6 Å². The molecule has 2 heterocycles. The fraction of sp³-hybridized carbons (Fsp3) is 0.231. The van der Waals surface area contributed by atoms with Crippen LogP contribution in [-0.4, -0.2) is 6.61 Å². The van der Waals surface area contributed by atoms with Crippen LogP contribution in [-0.2, 0) is 6.42 Å². The zero-order valence-electron chi connectivity index (χ0n) is 9.65. The number of hydrogen-bond donors (Lipinski definition) is 2. The van der Waals surface area contributed by atoms with E-state index in [1.54, 1.807) is 11.3 Å². The molecule has 5 heteroatoms. The summed E-state index contributed by atoms with van der Waals surface area (Å²) in [7, 11) is 0. The van der Waals surface area contributed by atoms with Crippen LogP contribution < -0.4 is 16.0 Å². The molecule has 3 rings (SSSR count). The van der Waals surface area contributed by atoms with Crippen LogP contribution in [0.15, 0.2) is 30.3 Å². The van der Waals surface area contributed by atoms with Crippen molar-refractivity contribution in [3.05, 3.63) is 50.7 Å². The summed E-state index contributed by atoms with van der Waals surface area (Å²) < 4.78 is 6.28. The molecule has 1 aliphatic heterocycles. The molecule has 0 saturated carbocycles. The molecule has 0 radical (unpaired) electrons. The van der Waals surface area contributed by atoms with Crippen LogP contribution in [0.4, 0.5) is 0 Å². The minimum atomic E-state index is -0.0200. The predicted molar refractivity (Wildman–Crippen MR) is 74.1 cm³/mol. The van der Waals surface area contributed by atoms with Crippen molar-refractivity contribution in [2.75, 3.05) is 6.61 Å². The number of nitrogens with one attached hydrogen (secondary N) is 1. The lowest BCUT2D eigenvalue weighted by molar-refractivity contribution is 0.357. The first-order chi connectivity index (χ1) is 8.78. The van der Waals surface area contributed by atoms with E-state index < -0.39 is 0 Å². The second-order valence-electron chi connectivity index (χ2n) is 4.21. The number of halogens is 1. The van der Waals surface area contributed by atoms with Gasteiger partial charge in [-0.05, 0) is 35.4 Å². The lowest BCUT2D eigenvalue weighted by Gasteiger charge is -2.15. The Hall–Kier alpha value is -1.07. The summed E-state index contributed by atoms with van der Waals surface area (Å²) >= 11 is 7.51. The highest BCUT2D eigenvalue weighted by atomic mass is 35.5. The first kappa shape index (κ1) is 12.0. The van der Waals surface area contributed by atoms with Crippen molar-refractivity contribution in [1.82, 2.24) is 5.43 Å². The van der Waals surface area contributed by atoms with Gasteiger partial charge >= 0.3 is 0 Å². The summed E-state index contributed by atoms with van der Waals surface area (Å²) in [6.07, 6.45) is 0.964. The summed E-state index contributed by atoms with van der Waals surface area (Å²) in [4.78, 5) is 1.11. The van der Waals surface area contributed by atoms with Gasteiger partial charge in [-0.2, -0.15) is 0 Å². The molecular formula is C13H13ClN2OS. The van der Waals surface area contributed by atoms with Crippen molar-refractivity contribution in [2.24, 2.45) is 5.84 Å². The topological polar surface area (TPSA) is 47.3 Å². The summed E-state index contributed by atoms with van der Waals surface area (Å²) in [5.41, 5.74) is 5.23. The Morgan fingerprint density at radius 2 is 2.22 bits per heavy atom. The Kier molecular flexibility index (Phi) is 3.26. The number of rotatable bonds is 3. The fourth-order valence-electron chi connectivity index (χ4n) is 2.21. The van der Waals surface area contributed by atoms with Crippen molar-refractivity contribution in [1.29, 1.82) is 0 Å². The number of ether oxygens (including phenoxy) is 1. The van der Waals surface area contributed by atoms with E-state index >= 15 is 0 Å². The fourth-order valence-corrected chi connectivity index (χ4v) is 3.36. The van der Waals surface area contributed by atoms with Gasteiger partial charge in [-0.3, -0.25) is 5.84 Å². The Bertz CT molecular complexity index is 570. The summed E-state index contributed by atoms with van der Waals surface area (Å²) in [5, 5.41) is 0. The molecular weight excluding hydrogens is 268 g/mol. The van der Waals surface area contributed by atoms with Crippen LogP contribution in [0.2, 0.25) is 4.34 Å². The van der Waals surface area contributed by atoms with E-state index in [1.807, 2.05) is 24.3 Å². The molecule has 1 aliphatic rings. The van der Waals surface area contributed by atoms with E-state index in [9.17, 15) is 0 Å². The van der Waals surface area contributed by atoms with Crippen LogP contribution in [0.3, 0.4) is 0 Å². The van der Waals surface area contributed by atoms with Gasteiger partial charge in [0, 0.05) is 11.3 Å². The maximum atomic E-state index is 5.97. The molecule has 1 unspecified atom stereocenters. The van der Waals surface area contributed by atoms with Crippen molar-refractivity contribution >= 4 is 22.9 Å². The maximum Gasteiger partial charge on any atom is 0.122 e. The van der Waals surface area contributed by atoms with Gasteiger partial charge in [-0.25, -0.2) is 5.43 Å². The Morgan fingerprint density at radius 1 is 1.33 bits per heavy atom. The quantitative estimate of drug-likeness (QED) is 0.671. The predicted octanol–water partition coefficient (Wildman–Crippen LogP) is 2.89. The van der Waals surface area contributed by atoms with Gasteiger partial charge < -0.3 is 4.74 Å². The first-order valence-electron chi connectivity index (χ1n) is 5.75. The molecule has 0 amide bonds. The third-order valence-corrected chi connectivity index (χ3v) is 4.39. The number of fused-ring (bicyclic) bond motifs is 1. The van der Waals surface area contributed by atoms with Crippen molar-refractivity contribution < 1.29 is 4.74 Å². The Morgan fingerprint density at radius 3 is 2.94 bits per heavy atom. The smallest absolute Gasteiger partial charge is 0.122 e. The zero-order valence-corrected chi connectivity index (χ0v) is 11.2. The normalized spacial score (nSPS) is 15.2. The largest absolute Gasteiger partial charge is 0.493 e. The van der Waals surface area contributed by atoms with Crippen LogP contribution in [0.5, 0.6) is 5.75 Å². The summed E-state index contributed by atoms with van der Waals surface area (Å²) in [5.74, 6) is 6.66. The summed E-state index contributed by atoms with van der Waals surface area (Å²) in [6.45, 7) is 0.768. The second-order valence-corrected chi connectivity index (χ2v) is 5.95. The summed E-state index contributed by atoms with van der Waals surface area (Å²) in [6, 6.07) is 10.1. The third kappa shape index (κ3) is 2.12. The first-order valence-corrected chi connectivity index (χ1v) is 6.94. The maximum absolute atomic E-state index is 5.97. The molecule has 3 N–H and O–H groups in total. The van der Waals surface area contributed by atoms with Gasteiger partial charge in [0.15, 0.2) is 0 Å².